The number of hydrogen-bond acceptors (Lipinski definition) is 7. The normalized spacial score (nSPS) is 10.7. The van der Waals surface area contributed by atoms with E-state index in [9.17, 15) is 10.1 Å². The van der Waals surface area contributed by atoms with Crippen LogP contribution in [-0.4, -0.2) is 28.7 Å². The van der Waals surface area contributed by atoms with Crippen LogP contribution in [0.15, 0.2) is 89.3 Å². The highest BCUT2D eigenvalue weighted by atomic mass is 35.5. The number of hydrogen-bond donors (Lipinski definition) is 1. The number of methoxy groups -OCH3 is 1. The lowest BCUT2D eigenvalue weighted by molar-refractivity contribution is -0.115. The van der Waals surface area contributed by atoms with E-state index < -0.39 is 0 Å². The zero-order valence-corrected chi connectivity index (χ0v) is 24.7. The van der Waals surface area contributed by atoms with Gasteiger partial charge in [0.2, 0.25) is 5.91 Å². The summed E-state index contributed by atoms with van der Waals surface area (Å²) in [5.74, 6) is 1.03. The average molecular weight is 597 g/mol. The number of ether oxygens (including phenoxy) is 1. The van der Waals surface area contributed by atoms with Crippen molar-refractivity contribution < 1.29 is 9.53 Å². The maximum atomic E-state index is 12.8. The molecule has 0 aliphatic heterocycles. The number of halogens is 1. The van der Waals surface area contributed by atoms with Gasteiger partial charge in [0.05, 0.1) is 24.1 Å². The number of pyridine rings is 1. The largest absolute Gasteiger partial charge is 0.497 e. The molecule has 0 spiro atoms. The third kappa shape index (κ3) is 6.77. The summed E-state index contributed by atoms with van der Waals surface area (Å²) < 4.78 is 5.30. The third-order valence-corrected chi connectivity index (χ3v) is 8.38. The van der Waals surface area contributed by atoms with E-state index >= 15 is 0 Å². The Balaban J connectivity index is 1.35. The lowest BCUT2D eigenvalue weighted by atomic mass is 9.98. The molecule has 0 aliphatic carbocycles. The molecule has 2 heterocycles. The molecule has 0 saturated carbocycles. The molecular weight excluding hydrogens is 572 g/mol. The molecule has 1 N–H and O–H groups in total. The number of nitriles is 1. The maximum Gasteiger partial charge on any atom is 0.226 e. The standard InChI is InChI=1S/C32H25ClN4O2S2/c1-20-7-9-21(10-8-20)25-17-28(22-11-13-23(39-2)14-12-22)35-31(26(25)18-34)40-16-15-30(38)37-32-36-29(19-41-32)24-5-3-4-6-27(24)33/h3-14,17,19H,15-16H2,1-2H3,(H,36,37,38). The predicted octanol–water partition coefficient (Wildman–Crippen LogP) is 8.50. The van der Waals surface area contributed by atoms with E-state index in [1.165, 1.54) is 23.1 Å². The molecule has 1 amide bonds. The van der Waals surface area contributed by atoms with Crippen molar-refractivity contribution in [3.8, 4) is 45.5 Å². The van der Waals surface area contributed by atoms with Crippen molar-refractivity contribution in [1.29, 1.82) is 5.26 Å². The Kier molecular flexibility index (Phi) is 9.00. The molecule has 0 atom stereocenters. The summed E-state index contributed by atoms with van der Waals surface area (Å²) in [5, 5.41) is 16.6. The Morgan fingerprint density at radius 3 is 2.44 bits per heavy atom. The number of thiazole rings is 1. The number of thioether (sulfide) groups is 1. The highest BCUT2D eigenvalue weighted by molar-refractivity contribution is 7.99. The first-order valence-corrected chi connectivity index (χ1v) is 15.0. The fourth-order valence-electron chi connectivity index (χ4n) is 4.15. The van der Waals surface area contributed by atoms with Crippen molar-refractivity contribution in [2.75, 3.05) is 18.2 Å². The summed E-state index contributed by atoms with van der Waals surface area (Å²) in [7, 11) is 1.63. The monoisotopic (exact) mass is 596 g/mol. The topological polar surface area (TPSA) is 87.9 Å². The van der Waals surface area contributed by atoms with Gasteiger partial charge in [-0.15, -0.1) is 23.1 Å². The van der Waals surface area contributed by atoms with Crippen LogP contribution >= 0.6 is 34.7 Å². The smallest absolute Gasteiger partial charge is 0.226 e. The van der Waals surface area contributed by atoms with Crippen molar-refractivity contribution in [3.05, 3.63) is 100 Å². The lowest BCUT2D eigenvalue weighted by Gasteiger charge is -2.13. The first-order valence-electron chi connectivity index (χ1n) is 12.7. The summed E-state index contributed by atoms with van der Waals surface area (Å²) in [6, 6.07) is 27.5. The number of carbonyl (C=O) groups is 1. The molecule has 3 aromatic carbocycles. The van der Waals surface area contributed by atoms with Gasteiger partial charge in [-0.25, -0.2) is 9.97 Å². The van der Waals surface area contributed by atoms with Crippen LogP contribution in [0, 0.1) is 18.3 Å². The zero-order valence-electron chi connectivity index (χ0n) is 22.3. The Bertz CT molecular complexity index is 1730. The maximum absolute atomic E-state index is 12.8. The quantitative estimate of drug-likeness (QED) is 0.172. The molecule has 0 radical (unpaired) electrons. The van der Waals surface area contributed by atoms with Gasteiger partial charge < -0.3 is 10.1 Å². The summed E-state index contributed by atoms with van der Waals surface area (Å²) >= 11 is 9.02. The number of carbonyl (C=O) groups excluding carboxylic acids is 1. The van der Waals surface area contributed by atoms with E-state index in [-0.39, 0.29) is 12.3 Å². The molecule has 0 fully saturated rings. The number of nitrogens with zero attached hydrogens (tertiary/aromatic N) is 3. The Labute approximate surface area is 252 Å². The van der Waals surface area contributed by atoms with E-state index in [0.717, 1.165) is 39.3 Å². The predicted molar refractivity (Wildman–Crippen MR) is 168 cm³/mol. The molecule has 41 heavy (non-hydrogen) atoms. The summed E-state index contributed by atoms with van der Waals surface area (Å²) in [4.78, 5) is 22.1. The van der Waals surface area contributed by atoms with Crippen LogP contribution in [0.5, 0.6) is 5.75 Å². The van der Waals surface area contributed by atoms with Crippen molar-refractivity contribution in [1.82, 2.24) is 9.97 Å². The van der Waals surface area contributed by atoms with Crippen molar-refractivity contribution in [3.63, 3.8) is 0 Å². The Morgan fingerprint density at radius 1 is 1.00 bits per heavy atom. The van der Waals surface area contributed by atoms with Crippen molar-refractivity contribution >= 4 is 45.7 Å². The molecule has 2 aromatic heterocycles. The van der Waals surface area contributed by atoms with Gasteiger partial charge in [-0.05, 0) is 48.9 Å². The van der Waals surface area contributed by atoms with E-state index in [4.69, 9.17) is 21.3 Å². The van der Waals surface area contributed by atoms with Crippen molar-refractivity contribution in [2.45, 2.75) is 18.4 Å². The van der Waals surface area contributed by atoms with Crippen LogP contribution in [0.1, 0.15) is 17.5 Å². The van der Waals surface area contributed by atoms with Gasteiger partial charge >= 0.3 is 0 Å². The number of benzene rings is 3. The fourth-order valence-corrected chi connectivity index (χ4v) is 6.05. The minimum Gasteiger partial charge on any atom is -0.497 e. The van der Waals surface area contributed by atoms with Gasteiger partial charge in [0, 0.05) is 39.3 Å². The second-order valence-electron chi connectivity index (χ2n) is 9.11. The molecule has 204 valence electrons. The lowest BCUT2D eigenvalue weighted by Crippen LogP contribution is -2.12. The van der Waals surface area contributed by atoms with Gasteiger partial charge in [0.1, 0.15) is 16.8 Å². The van der Waals surface area contributed by atoms with Crippen LogP contribution < -0.4 is 10.1 Å². The van der Waals surface area contributed by atoms with E-state index in [0.29, 0.717) is 32.2 Å². The van der Waals surface area contributed by atoms with Gasteiger partial charge in [0.25, 0.3) is 0 Å². The van der Waals surface area contributed by atoms with Gasteiger partial charge in [0.15, 0.2) is 5.13 Å². The van der Waals surface area contributed by atoms with E-state index in [1.807, 2.05) is 91.2 Å². The number of amides is 1. The number of anilines is 1. The number of aryl methyl sites for hydroxylation is 1. The van der Waals surface area contributed by atoms with Crippen LogP contribution in [0.2, 0.25) is 5.02 Å². The Hall–Kier alpha value is -4.16. The van der Waals surface area contributed by atoms with Gasteiger partial charge in [-0.3, -0.25) is 4.79 Å². The molecule has 0 aliphatic rings. The molecule has 0 bridgehead atoms. The first-order chi connectivity index (χ1) is 19.9. The summed E-state index contributed by atoms with van der Waals surface area (Å²) in [5.41, 5.74) is 6.53. The number of aromatic nitrogens is 2. The number of rotatable bonds is 9. The molecular formula is C32H25ClN4O2S2. The molecule has 5 aromatic rings. The first kappa shape index (κ1) is 28.4. The second kappa shape index (κ2) is 13.0. The third-order valence-electron chi connectivity index (χ3n) is 6.31. The summed E-state index contributed by atoms with van der Waals surface area (Å²) in [6.45, 7) is 2.03. The van der Waals surface area contributed by atoms with E-state index in [2.05, 4.69) is 16.4 Å². The molecule has 5 rings (SSSR count). The van der Waals surface area contributed by atoms with Crippen LogP contribution in [0.25, 0.3) is 33.6 Å². The fraction of sp³-hybridized carbons (Fsp3) is 0.125. The Morgan fingerprint density at radius 2 is 1.73 bits per heavy atom. The van der Waals surface area contributed by atoms with Crippen LogP contribution in [0.3, 0.4) is 0 Å². The SMILES string of the molecule is COc1ccc(-c2cc(-c3ccc(C)cc3)c(C#N)c(SCCC(=O)Nc3nc(-c4ccccc4Cl)cs3)n2)cc1. The van der Waals surface area contributed by atoms with E-state index in [1.54, 1.807) is 7.11 Å². The van der Waals surface area contributed by atoms with Crippen LogP contribution in [-0.2, 0) is 4.79 Å². The minimum absolute atomic E-state index is 0.166. The highest BCUT2D eigenvalue weighted by Gasteiger charge is 2.17. The van der Waals surface area contributed by atoms with Crippen molar-refractivity contribution in [2.24, 2.45) is 0 Å². The zero-order chi connectivity index (χ0) is 28.8. The van der Waals surface area contributed by atoms with Crippen LogP contribution in [0.4, 0.5) is 5.13 Å². The van der Waals surface area contributed by atoms with Gasteiger partial charge in [-0.1, -0.05) is 59.6 Å². The van der Waals surface area contributed by atoms with Gasteiger partial charge in [-0.2, -0.15) is 5.26 Å². The molecule has 9 heteroatoms. The minimum atomic E-state index is -0.166. The molecule has 0 unspecified atom stereocenters. The second-order valence-corrected chi connectivity index (χ2v) is 11.5. The number of nitrogens with one attached hydrogen (secondary N) is 1. The highest BCUT2D eigenvalue weighted by Crippen LogP contribution is 2.35. The molecule has 0 saturated heterocycles. The average Bonchev–Trinajstić information content (AvgIpc) is 3.45. The molecule has 6 nitrogen and oxygen atoms in total. The summed E-state index contributed by atoms with van der Waals surface area (Å²) in [6.07, 6.45) is 0.227.